The highest BCUT2D eigenvalue weighted by molar-refractivity contribution is 6.02. The summed E-state index contributed by atoms with van der Waals surface area (Å²) >= 11 is 0. The first-order valence-corrected chi connectivity index (χ1v) is 7.58. The molecule has 120 valence electrons. The van der Waals surface area contributed by atoms with Crippen LogP contribution in [-0.4, -0.2) is 29.4 Å². The zero-order valence-electron chi connectivity index (χ0n) is 12.8. The molecule has 2 heterocycles. The van der Waals surface area contributed by atoms with E-state index in [0.717, 1.165) is 5.56 Å². The van der Waals surface area contributed by atoms with Crippen LogP contribution in [0.15, 0.2) is 36.5 Å². The molecule has 2 N–H and O–H groups in total. The van der Waals surface area contributed by atoms with Crippen LogP contribution < -0.4 is 10.2 Å². The Morgan fingerprint density at radius 2 is 2.22 bits per heavy atom. The van der Waals surface area contributed by atoms with Gasteiger partial charge in [0, 0.05) is 12.7 Å². The number of nitrogens with one attached hydrogen (secondary N) is 2. The number of carbonyl (C=O) groups is 2. The predicted molar refractivity (Wildman–Crippen MR) is 84.8 cm³/mol. The molecule has 5 nitrogen and oxygen atoms in total. The van der Waals surface area contributed by atoms with Crippen molar-refractivity contribution in [1.29, 1.82) is 0 Å². The lowest BCUT2D eigenvalue weighted by Gasteiger charge is -2.33. The SMILES string of the molecule is Cc1ccc(F)c(N2CCC[C@H](NC(=O)c3ccc[nH]3)C2=O)c1. The summed E-state index contributed by atoms with van der Waals surface area (Å²) in [5, 5.41) is 2.72. The van der Waals surface area contributed by atoms with Crippen molar-refractivity contribution >= 4 is 17.5 Å². The number of aromatic nitrogens is 1. The maximum Gasteiger partial charge on any atom is 0.268 e. The lowest BCUT2D eigenvalue weighted by Crippen LogP contribution is -2.52. The topological polar surface area (TPSA) is 65.2 Å². The standard InChI is InChI=1S/C17H18FN3O2/c1-11-6-7-12(18)15(10-11)21-9-3-5-14(17(21)23)20-16(22)13-4-2-8-19-13/h2,4,6-8,10,14,19H,3,5,9H2,1H3,(H,20,22)/t14-/m0/s1. The van der Waals surface area contributed by atoms with Crippen LogP contribution >= 0.6 is 0 Å². The number of anilines is 1. The smallest absolute Gasteiger partial charge is 0.268 e. The van der Waals surface area contributed by atoms with E-state index in [9.17, 15) is 14.0 Å². The number of H-pyrrole nitrogens is 1. The molecule has 0 bridgehead atoms. The van der Waals surface area contributed by atoms with Gasteiger partial charge in [-0.2, -0.15) is 0 Å². The van der Waals surface area contributed by atoms with Crippen LogP contribution in [0.5, 0.6) is 0 Å². The number of hydrogen-bond acceptors (Lipinski definition) is 2. The third kappa shape index (κ3) is 3.11. The van der Waals surface area contributed by atoms with Gasteiger partial charge in [-0.05, 0) is 49.6 Å². The van der Waals surface area contributed by atoms with Crippen molar-refractivity contribution in [3.8, 4) is 0 Å². The Hall–Kier alpha value is -2.63. The van der Waals surface area contributed by atoms with Gasteiger partial charge in [0.05, 0.1) is 5.69 Å². The molecule has 1 atom stereocenters. The number of nitrogens with zero attached hydrogens (tertiary/aromatic N) is 1. The molecule has 1 aliphatic heterocycles. The molecule has 1 fully saturated rings. The van der Waals surface area contributed by atoms with E-state index in [1.165, 1.54) is 11.0 Å². The summed E-state index contributed by atoms with van der Waals surface area (Å²) in [6, 6.07) is 7.39. The first-order valence-electron chi connectivity index (χ1n) is 7.58. The van der Waals surface area contributed by atoms with E-state index in [-0.39, 0.29) is 17.5 Å². The Morgan fingerprint density at radius 3 is 2.96 bits per heavy atom. The zero-order valence-corrected chi connectivity index (χ0v) is 12.8. The molecule has 1 aliphatic rings. The van der Waals surface area contributed by atoms with Gasteiger partial charge < -0.3 is 15.2 Å². The molecule has 1 aromatic heterocycles. The number of amides is 2. The Balaban J connectivity index is 1.78. The van der Waals surface area contributed by atoms with Crippen molar-refractivity contribution < 1.29 is 14.0 Å². The minimum absolute atomic E-state index is 0.272. The quantitative estimate of drug-likeness (QED) is 0.913. The lowest BCUT2D eigenvalue weighted by molar-refractivity contribution is -0.121. The van der Waals surface area contributed by atoms with Gasteiger partial charge in [-0.15, -0.1) is 0 Å². The average Bonchev–Trinajstić information content (AvgIpc) is 3.06. The first-order chi connectivity index (χ1) is 11.1. The van der Waals surface area contributed by atoms with Crippen molar-refractivity contribution in [2.24, 2.45) is 0 Å². The minimum Gasteiger partial charge on any atom is -0.357 e. The monoisotopic (exact) mass is 315 g/mol. The second-order valence-corrected chi connectivity index (χ2v) is 5.70. The number of halogens is 1. The molecule has 1 saturated heterocycles. The van der Waals surface area contributed by atoms with Crippen molar-refractivity contribution in [3.05, 3.63) is 53.6 Å². The van der Waals surface area contributed by atoms with Gasteiger partial charge in [0.25, 0.3) is 5.91 Å². The third-order valence-electron chi connectivity index (χ3n) is 3.98. The molecule has 0 radical (unpaired) electrons. The molecular weight excluding hydrogens is 297 g/mol. The highest BCUT2D eigenvalue weighted by Gasteiger charge is 2.32. The van der Waals surface area contributed by atoms with Crippen LogP contribution in [0.4, 0.5) is 10.1 Å². The second kappa shape index (κ2) is 6.24. The fourth-order valence-electron chi connectivity index (χ4n) is 2.79. The van der Waals surface area contributed by atoms with Gasteiger partial charge in [-0.3, -0.25) is 9.59 Å². The van der Waals surface area contributed by atoms with Gasteiger partial charge >= 0.3 is 0 Å². The van der Waals surface area contributed by atoms with E-state index >= 15 is 0 Å². The van der Waals surface area contributed by atoms with Crippen LogP contribution in [0.3, 0.4) is 0 Å². The molecule has 2 amide bonds. The largest absolute Gasteiger partial charge is 0.357 e. The Labute approximate surface area is 133 Å². The maximum absolute atomic E-state index is 14.1. The van der Waals surface area contributed by atoms with Crippen molar-refractivity contribution in [2.45, 2.75) is 25.8 Å². The van der Waals surface area contributed by atoms with Crippen molar-refractivity contribution in [1.82, 2.24) is 10.3 Å². The van der Waals surface area contributed by atoms with Gasteiger partial charge in [-0.25, -0.2) is 4.39 Å². The lowest BCUT2D eigenvalue weighted by atomic mass is 10.0. The summed E-state index contributed by atoms with van der Waals surface area (Å²) in [7, 11) is 0. The Bertz CT molecular complexity index is 727. The third-order valence-corrected chi connectivity index (χ3v) is 3.98. The van der Waals surface area contributed by atoms with E-state index in [4.69, 9.17) is 0 Å². The van der Waals surface area contributed by atoms with Gasteiger partial charge in [0.1, 0.15) is 17.6 Å². The van der Waals surface area contributed by atoms with E-state index in [1.807, 2.05) is 6.92 Å². The summed E-state index contributed by atoms with van der Waals surface area (Å²) < 4.78 is 14.1. The molecular formula is C17H18FN3O2. The summed E-state index contributed by atoms with van der Waals surface area (Å²) in [4.78, 5) is 29.0. The molecule has 3 rings (SSSR count). The number of carbonyl (C=O) groups excluding carboxylic acids is 2. The highest BCUT2D eigenvalue weighted by Crippen LogP contribution is 2.25. The van der Waals surface area contributed by atoms with Gasteiger partial charge in [0.15, 0.2) is 0 Å². The number of rotatable bonds is 3. The normalized spacial score (nSPS) is 18.1. The van der Waals surface area contributed by atoms with E-state index in [0.29, 0.717) is 25.1 Å². The van der Waals surface area contributed by atoms with E-state index in [1.54, 1.807) is 30.5 Å². The Kier molecular flexibility index (Phi) is 4.14. The number of piperidine rings is 1. The zero-order chi connectivity index (χ0) is 16.4. The molecule has 0 saturated carbocycles. The number of benzene rings is 1. The molecule has 23 heavy (non-hydrogen) atoms. The predicted octanol–water partition coefficient (Wildman–Crippen LogP) is 2.39. The molecule has 1 aromatic carbocycles. The van der Waals surface area contributed by atoms with Crippen LogP contribution in [0.25, 0.3) is 0 Å². The van der Waals surface area contributed by atoms with Gasteiger partial charge in [0.2, 0.25) is 5.91 Å². The summed E-state index contributed by atoms with van der Waals surface area (Å²) in [5.41, 5.74) is 1.55. The first kappa shape index (κ1) is 15.3. The van der Waals surface area contributed by atoms with E-state index < -0.39 is 11.9 Å². The second-order valence-electron chi connectivity index (χ2n) is 5.70. The fourth-order valence-corrected chi connectivity index (χ4v) is 2.79. The number of aromatic amines is 1. The number of hydrogen-bond donors (Lipinski definition) is 2. The van der Waals surface area contributed by atoms with Crippen LogP contribution in [-0.2, 0) is 4.79 Å². The van der Waals surface area contributed by atoms with Crippen LogP contribution in [0.2, 0.25) is 0 Å². The van der Waals surface area contributed by atoms with Gasteiger partial charge in [-0.1, -0.05) is 6.07 Å². The average molecular weight is 315 g/mol. The molecule has 2 aromatic rings. The minimum atomic E-state index is -0.639. The highest BCUT2D eigenvalue weighted by atomic mass is 19.1. The summed E-state index contributed by atoms with van der Waals surface area (Å²) in [6.07, 6.45) is 2.90. The molecule has 6 heteroatoms. The van der Waals surface area contributed by atoms with Crippen molar-refractivity contribution in [2.75, 3.05) is 11.4 Å². The Morgan fingerprint density at radius 1 is 1.39 bits per heavy atom. The molecule has 0 aliphatic carbocycles. The summed E-state index contributed by atoms with van der Waals surface area (Å²) in [5.74, 6) is -1.04. The van der Waals surface area contributed by atoms with Crippen molar-refractivity contribution in [3.63, 3.8) is 0 Å². The van der Waals surface area contributed by atoms with Crippen LogP contribution in [0, 0.1) is 12.7 Å². The number of aryl methyl sites for hydroxylation is 1. The fraction of sp³-hybridized carbons (Fsp3) is 0.294. The molecule has 0 spiro atoms. The summed E-state index contributed by atoms with van der Waals surface area (Å²) in [6.45, 7) is 2.30. The molecule has 0 unspecified atom stereocenters. The van der Waals surface area contributed by atoms with E-state index in [2.05, 4.69) is 10.3 Å². The van der Waals surface area contributed by atoms with Crippen LogP contribution in [0.1, 0.15) is 28.9 Å². The maximum atomic E-state index is 14.1.